The average Bonchev–Trinajstić information content (AvgIpc) is 2.99. The van der Waals surface area contributed by atoms with Gasteiger partial charge in [0.05, 0.1) is 5.56 Å². The Labute approximate surface area is 287 Å². The minimum Gasteiger partial charge on any atom is -0.490 e. The number of hydrogen-bond acceptors (Lipinski definition) is 10. The van der Waals surface area contributed by atoms with Crippen molar-refractivity contribution < 1.29 is 31.8 Å². The molecule has 1 spiro atoms. The first-order chi connectivity index (χ1) is 23.0. The number of alkyl halides is 3. The van der Waals surface area contributed by atoms with Crippen molar-refractivity contribution in [3.05, 3.63) is 59.4 Å². The summed E-state index contributed by atoms with van der Waals surface area (Å²) < 4.78 is 66.6. The number of hydrogen-bond donors (Lipinski definition) is 1. The first-order valence-corrected chi connectivity index (χ1v) is 16.3. The maximum absolute atomic E-state index is 14.3. The number of benzene rings is 1. The molecule has 2 aromatic heterocycles. The maximum Gasteiger partial charge on any atom is 0.406 e. The average molecular weight is 707 g/mol. The summed E-state index contributed by atoms with van der Waals surface area (Å²) in [5.74, 6) is 0.0168. The molecule has 11 nitrogen and oxygen atoms in total. The van der Waals surface area contributed by atoms with Gasteiger partial charge >= 0.3 is 6.18 Å². The Hall–Kier alpha value is -3.82. The van der Waals surface area contributed by atoms with Crippen LogP contribution in [0.1, 0.15) is 48.3 Å². The minimum absolute atomic E-state index is 0. The van der Waals surface area contributed by atoms with Crippen molar-refractivity contribution in [1.29, 1.82) is 0 Å². The van der Waals surface area contributed by atoms with Crippen LogP contribution in [0.2, 0.25) is 0 Å². The van der Waals surface area contributed by atoms with Crippen molar-refractivity contribution in [2.24, 2.45) is 11.3 Å². The Morgan fingerprint density at radius 2 is 1.92 bits per heavy atom. The van der Waals surface area contributed by atoms with Gasteiger partial charge in [-0.25, -0.2) is 9.37 Å². The molecule has 5 heterocycles. The van der Waals surface area contributed by atoms with Crippen molar-refractivity contribution in [3.63, 3.8) is 0 Å². The van der Waals surface area contributed by atoms with Gasteiger partial charge in [0.25, 0.3) is 11.8 Å². The first-order valence-electron chi connectivity index (χ1n) is 16.3. The van der Waals surface area contributed by atoms with Gasteiger partial charge in [0.1, 0.15) is 36.3 Å². The monoisotopic (exact) mass is 706 g/mol. The minimum atomic E-state index is -4.64. The zero-order chi connectivity index (χ0) is 33.6. The highest BCUT2D eigenvalue weighted by atomic mass is 35.5. The van der Waals surface area contributed by atoms with Gasteiger partial charge < -0.3 is 24.6 Å². The van der Waals surface area contributed by atoms with Crippen molar-refractivity contribution in [3.8, 4) is 17.4 Å². The molecule has 3 aliphatic heterocycles. The lowest BCUT2D eigenvalue weighted by molar-refractivity contribution is -0.143. The third-order valence-corrected chi connectivity index (χ3v) is 9.68. The highest BCUT2D eigenvalue weighted by Crippen LogP contribution is 2.52. The number of rotatable bonds is 10. The maximum atomic E-state index is 14.3. The lowest BCUT2D eigenvalue weighted by Gasteiger charge is -2.58. The third-order valence-electron chi connectivity index (χ3n) is 9.68. The highest BCUT2D eigenvalue weighted by Gasteiger charge is 2.54. The molecule has 1 amide bonds. The normalized spacial score (nSPS) is 19.0. The summed E-state index contributed by atoms with van der Waals surface area (Å²) in [5, 5.41) is 11.2. The number of nitrogens with zero attached hydrogens (tertiary/aromatic N) is 7. The number of halogens is 5. The molecule has 1 saturated carbocycles. The number of amides is 1. The molecule has 0 radical (unpaired) electrons. The van der Waals surface area contributed by atoms with Crippen LogP contribution in [0.4, 0.5) is 23.4 Å². The second-order valence-corrected chi connectivity index (χ2v) is 13.7. The molecule has 3 aromatic rings. The number of nitrogens with one attached hydrogen (secondary N) is 1. The molecular formula is C33H39ClF4N8O3. The van der Waals surface area contributed by atoms with Crippen LogP contribution >= 0.6 is 12.4 Å². The Morgan fingerprint density at radius 1 is 1.14 bits per heavy atom. The first kappa shape index (κ1) is 35.0. The van der Waals surface area contributed by atoms with E-state index < -0.39 is 30.5 Å². The van der Waals surface area contributed by atoms with Crippen molar-refractivity contribution >= 4 is 24.1 Å². The van der Waals surface area contributed by atoms with Gasteiger partial charge in [0.2, 0.25) is 0 Å². The van der Waals surface area contributed by atoms with E-state index in [0.717, 1.165) is 75.6 Å². The topological polar surface area (TPSA) is 109 Å². The fourth-order valence-electron chi connectivity index (χ4n) is 7.16. The summed E-state index contributed by atoms with van der Waals surface area (Å²) in [7, 11) is 0. The highest BCUT2D eigenvalue weighted by molar-refractivity contribution is 5.97. The largest absolute Gasteiger partial charge is 0.490 e. The third kappa shape index (κ3) is 7.53. The Morgan fingerprint density at radius 3 is 2.61 bits per heavy atom. The molecule has 264 valence electrons. The van der Waals surface area contributed by atoms with Crippen LogP contribution in [0.15, 0.2) is 36.8 Å². The number of pyridine rings is 1. The predicted molar refractivity (Wildman–Crippen MR) is 174 cm³/mol. The number of ether oxygens (including phenoxy) is 2. The van der Waals surface area contributed by atoms with Gasteiger partial charge in [0, 0.05) is 81.1 Å². The van der Waals surface area contributed by atoms with Crippen LogP contribution < -0.4 is 19.7 Å². The van der Waals surface area contributed by atoms with Crippen LogP contribution in [0, 0.1) is 17.2 Å². The van der Waals surface area contributed by atoms with Crippen molar-refractivity contribution in [2.45, 2.75) is 58.0 Å². The molecule has 0 atom stereocenters. The second kappa shape index (κ2) is 13.8. The zero-order valence-electron chi connectivity index (χ0n) is 27.2. The van der Waals surface area contributed by atoms with Gasteiger partial charge in [-0.05, 0) is 56.9 Å². The van der Waals surface area contributed by atoms with Crippen molar-refractivity contribution in [2.75, 3.05) is 50.7 Å². The SMILES string of the molecule is CC(C)N(CC(F)(F)F)C(=O)c1cc(F)ccc1Oc1nncnc1N1CC2(CC(Oc3ccnc4c3CN(CC3CNC3)CC4)C2)C1.Cl. The van der Waals surface area contributed by atoms with Gasteiger partial charge in [-0.3, -0.25) is 14.7 Å². The second-order valence-electron chi connectivity index (χ2n) is 13.7. The molecule has 7 rings (SSSR count). The van der Waals surface area contributed by atoms with Crippen LogP contribution in [-0.4, -0.2) is 100 Å². The number of anilines is 1. The van der Waals surface area contributed by atoms with E-state index in [-0.39, 0.29) is 41.1 Å². The lowest BCUT2D eigenvalue weighted by Crippen LogP contribution is -2.65. The number of carbonyl (C=O) groups excluding carboxylic acids is 1. The Balaban J connectivity index is 0.00000417. The van der Waals surface area contributed by atoms with E-state index in [2.05, 4.69) is 30.4 Å². The van der Waals surface area contributed by atoms with Gasteiger partial charge in [0.15, 0.2) is 5.82 Å². The lowest BCUT2D eigenvalue weighted by atomic mass is 9.61. The van der Waals surface area contributed by atoms with E-state index in [1.165, 1.54) is 31.8 Å². The molecule has 2 saturated heterocycles. The smallest absolute Gasteiger partial charge is 0.406 e. The Bertz CT molecular complexity index is 1660. The standard InChI is InChI=1S/C33H38F4N8O3.ClH/c1-20(2)45(18-33(35,36)37)31(46)24-9-22(34)3-4-27(24)48-30-29(40-19-41-42-30)44-16-32(17-44)10-23(11-32)47-28-5-7-39-26-6-8-43(15-25(26)28)14-21-12-38-13-21;/h3-5,7,9,19-21,23,38H,6,8,10-18H2,1-2H3;1H. The van der Waals surface area contributed by atoms with E-state index in [4.69, 9.17) is 9.47 Å². The molecule has 0 bridgehead atoms. The molecule has 4 aliphatic rings. The molecule has 16 heteroatoms. The summed E-state index contributed by atoms with van der Waals surface area (Å²) in [6, 6.07) is 4.29. The van der Waals surface area contributed by atoms with Gasteiger partial charge in [-0.1, -0.05) is 0 Å². The Kier molecular flexibility index (Phi) is 9.88. The van der Waals surface area contributed by atoms with Crippen molar-refractivity contribution in [1.82, 2.24) is 35.3 Å². The molecule has 1 aliphatic carbocycles. The molecule has 1 aromatic carbocycles. The fraction of sp³-hybridized carbons (Fsp3) is 0.545. The van der Waals surface area contributed by atoms with E-state index in [1.807, 2.05) is 17.2 Å². The molecule has 3 fully saturated rings. The van der Waals surface area contributed by atoms with Crippen LogP contribution in [0.5, 0.6) is 17.4 Å². The van der Waals surface area contributed by atoms with E-state index in [1.54, 1.807) is 0 Å². The van der Waals surface area contributed by atoms with E-state index in [9.17, 15) is 22.4 Å². The summed E-state index contributed by atoms with van der Waals surface area (Å²) >= 11 is 0. The van der Waals surface area contributed by atoms with E-state index >= 15 is 0 Å². The predicted octanol–water partition coefficient (Wildman–Crippen LogP) is 4.66. The molecule has 49 heavy (non-hydrogen) atoms. The molecular weight excluding hydrogens is 668 g/mol. The van der Waals surface area contributed by atoms with E-state index in [0.29, 0.717) is 29.7 Å². The molecule has 0 unspecified atom stereocenters. The number of fused-ring (bicyclic) bond motifs is 1. The summed E-state index contributed by atoms with van der Waals surface area (Å²) in [6.07, 6.45) is 1.21. The summed E-state index contributed by atoms with van der Waals surface area (Å²) in [5.41, 5.74) is 1.99. The summed E-state index contributed by atoms with van der Waals surface area (Å²) in [6.45, 7) is 7.86. The number of aromatic nitrogens is 4. The number of carbonyl (C=O) groups is 1. The van der Waals surface area contributed by atoms with Crippen LogP contribution in [-0.2, 0) is 13.0 Å². The van der Waals surface area contributed by atoms with Gasteiger partial charge in [-0.15, -0.1) is 22.6 Å². The quantitative estimate of drug-likeness (QED) is 0.299. The van der Waals surface area contributed by atoms with Crippen LogP contribution in [0.25, 0.3) is 0 Å². The molecule has 1 N–H and O–H groups in total. The zero-order valence-corrected chi connectivity index (χ0v) is 28.1. The fourth-order valence-corrected chi connectivity index (χ4v) is 7.16. The van der Waals surface area contributed by atoms with Gasteiger partial charge in [-0.2, -0.15) is 13.2 Å². The van der Waals surface area contributed by atoms with Crippen LogP contribution in [0.3, 0.4) is 0 Å². The summed E-state index contributed by atoms with van der Waals surface area (Å²) in [4.78, 5) is 27.3.